The molecule has 0 atom stereocenters. The fourth-order valence-electron chi connectivity index (χ4n) is 2.88. The Bertz CT molecular complexity index is 672. The molecule has 122 valence electrons. The highest BCUT2D eigenvalue weighted by atomic mass is 16.7. The van der Waals surface area contributed by atoms with Crippen LogP contribution in [0.4, 0.5) is 0 Å². The molecule has 1 aliphatic carbocycles. The molecule has 5 nitrogen and oxygen atoms in total. The number of hydrogen-bond acceptors (Lipinski definition) is 4. The van der Waals surface area contributed by atoms with E-state index >= 15 is 0 Å². The molecule has 0 unspecified atom stereocenters. The number of methoxy groups -OCH3 is 2. The SMILES string of the molecule is C=C(/C=C\C(=C)[N+](=O)[O-])c1ccc2c(c1)CCCC2(OC)OC. The molecule has 0 bridgehead atoms. The van der Waals surface area contributed by atoms with Crippen LogP contribution in [-0.2, 0) is 21.7 Å². The first-order valence-electron chi connectivity index (χ1n) is 7.38. The number of nitro groups is 1. The minimum absolute atomic E-state index is 0.165. The van der Waals surface area contributed by atoms with E-state index < -0.39 is 10.7 Å². The molecule has 2 rings (SSSR count). The number of allylic oxidation sites excluding steroid dienone is 3. The molecule has 0 aliphatic heterocycles. The maximum absolute atomic E-state index is 10.6. The van der Waals surface area contributed by atoms with Crippen molar-refractivity contribution in [3.8, 4) is 0 Å². The quantitative estimate of drug-likeness (QED) is 0.346. The first kappa shape index (κ1) is 17.1. The van der Waals surface area contributed by atoms with Crippen molar-refractivity contribution < 1.29 is 14.4 Å². The number of fused-ring (bicyclic) bond motifs is 1. The van der Waals surface area contributed by atoms with Crippen molar-refractivity contribution in [3.05, 3.63) is 76.0 Å². The summed E-state index contributed by atoms with van der Waals surface area (Å²) in [5, 5.41) is 10.6. The van der Waals surface area contributed by atoms with Gasteiger partial charge >= 0.3 is 0 Å². The van der Waals surface area contributed by atoms with Crippen LogP contribution in [0, 0.1) is 10.1 Å². The molecular weight excluding hydrogens is 294 g/mol. The first-order valence-corrected chi connectivity index (χ1v) is 7.38. The Morgan fingerprint density at radius 1 is 1.30 bits per heavy atom. The van der Waals surface area contributed by atoms with Gasteiger partial charge in [0.15, 0.2) is 5.79 Å². The summed E-state index contributed by atoms with van der Waals surface area (Å²) in [5.41, 5.74) is 3.63. The predicted octanol–water partition coefficient (Wildman–Crippen LogP) is 3.83. The summed E-state index contributed by atoms with van der Waals surface area (Å²) in [4.78, 5) is 10.0. The van der Waals surface area contributed by atoms with E-state index in [0.29, 0.717) is 5.57 Å². The molecular formula is C18H21NO4. The zero-order valence-electron chi connectivity index (χ0n) is 13.5. The van der Waals surface area contributed by atoms with Crippen molar-refractivity contribution in [1.82, 2.24) is 0 Å². The molecule has 23 heavy (non-hydrogen) atoms. The third-order valence-corrected chi connectivity index (χ3v) is 4.21. The van der Waals surface area contributed by atoms with Crippen LogP contribution in [0.3, 0.4) is 0 Å². The van der Waals surface area contributed by atoms with Gasteiger partial charge in [-0.15, -0.1) is 0 Å². The Balaban J connectivity index is 2.29. The second-order valence-corrected chi connectivity index (χ2v) is 5.49. The minimum atomic E-state index is -0.691. The van der Waals surface area contributed by atoms with E-state index in [1.54, 1.807) is 20.3 Å². The molecule has 0 amide bonds. The molecule has 1 aromatic carbocycles. The van der Waals surface area contributed by atoms with Crippen LogP contribution in [0.5, 0.6) is 0 Å². The number of hydrogen-bond donors (Lipinski definition) is 0. The Labute approximate surface area is 136 Å². The van der Waals surface area contributed by atoms with Gasteiger partial charge in [-0.05, 0) is 42.2 Å². The van der Waals surface area contributed by atoms with Gasteiger partial charge in [0.25, 0.3) is 5.70 Å². The van der Waals surface area contributed by atoms with Crippen LogP contribution in [0.25, 0.3) is 5.57 Å². The van der Waals surface area contributed by atoms with E-state index in [0.717, 1.165) is 36.0 Å². The number of ether oxygens (including phenoxy) is 2. The van der Waals surface area contributed by atoms with Gasteiger partial charge in [-0.2, -0.15) is 0 Å². The topological polar surface area (TPSA) is 61.6 Å². The minimum Gasteiger partial charge on any atom is -0.349 e. The summed E-state index contributed by atoms with van der Waals surface area (Å²) >= 11 is 0. The van der Waals surface area contributed by atoms with Gasteiger partial charge in [0.1, 0.15) is 0 Å². The highest BCUT2D eigenvalue weighted by molar-refractivity contribution is 5.73. The van der Waals surface area contributed by atoms with Crippen LogP contribution in [0.2, 0.25) is 0 Å². The summed E-state index contributed by atoms with van der Waals surface area (Å²) < 4.78 is 11.2. The molecule has 0 fully saturated rings. The third kappa shape index (κ3) is 3.41. The molecule has 5 heteroatoms. The van der Waals surface area contributed by atoms with Gasteiger partial charge in [-0.3, -0.25) is 10.1 Å². The molecule has 0 heterocycles. The Hall–Kier alpha value is -2.24. The van der Waals surface area contributed by atoms with Crippen LogP contribution >= 0.6 is 0 Å². The van der Waals surface area contributed by atoms with Gasteiger partial charge in [0.2, 0.25) is 0 Å². The van der Waals surface area contributed by atoms with Gasteiger partial charge < -0.3 is 9.47 Å². The third-order valence-electron chi connectivity index (χ3n) is 4.21. The largest absolute Gasteiger partial charge is 0.349 e. The molecule has 0 spiro atoms. The molecule has 1 aromatic rings. The van der Waals surface area contributed by atoms with Gasteiger partial charge in [0.05, 0.1) is 4.92 Å². The summed E-state index contributed by atoms with van der Waals surface area (Å²) in [5.74, 6) is -0.691. The van der Waals surface area contributed by atoms with Crippen LogP contribution < -0.4 is 0 Å². The second-order valence-electron chi connectivity index (χ2n) is 5.49. The van der Waals surface area contributed by atoms with E-state index in [1.165, 1.54) is 6.08 Å². The van der Waals surface area contributed by atoms with Gasteiger partial charge in [-0.25, -0.2) is 0 Å². The van der Waals surface area contributed by atoms with Gasteiger partial charge in [-0.1, -0.05) is 24.8 Å². The average molecular weight is 315 g/mol. The molecule has 0 radical (unpaired) electrons. The van der Waals surface area contributed by atoms with Crippen molar-refractivity contribution in [1.29, 1.82) is 0 Å². The Morgan fingerprint density at radius 3 is 2.61 bits per heavy atom. The van der Waals surface area contributed by atoms with Crippen LogP contribution in [-0.4, -0.2) is 19.1 Å². The highest BCUT2D eigenvalue weighted by Gasteiger charge is 2.36. The van der Waals surface area contributed by atoms with E-state index in [9.17, 15) is 10.1 Å². The predicted molar refractivity (Wildman–Crippen MR) is 89.4 cm³/mol. The number of nitrogens with zero attached hydrogens (tertiary/aromatic N) is 1. The molecule has 0 saturated heterocycles. The van der Waals surface area contributed by atoms with Crippen molar-refractivity contribution in [2.75, 3.05) is 14.2 Å². The Morgan fingerprint density at radius 2 is 2.00 bits per heavy atom. The zero-order valence-corrected chi connectivity index (χ0v) is 13.5. The van der Waals surface area contributed by atoms with E-state index in [4.69, 9.17) is 9.47 Å². The van der Waals surface area contributed by atoms with Crippen molar-refractivity contribution in [3.63, 3.8) is 0 Å². The monoisotopic (exact) mass is 315 g/mol. The van der Waals surface area contributed by atoms with Crippen molar-refractivity contribution in [2.45, 2.75) is 25.0 Å². The van der Waals surface area contributed by atoms with E-state index in [2.05, 4.69) is 13.2 Å². The Kier molecular flexibility index (Phi) is 5.13. The lowest BCUT2D eigenvalue weighted by molar-refractivity contribution is -0.418. The number of aryl methyl sites for hydroxylation is 1. The summed E-state index contributed by atoms with van der Waals surface area (Å²) in [6.45, 7) is 7.34. The molecule has 1 aliphatic rings. The molecule has 0 saturated carbocycles. The lowest BCUT2D eigenvalue weighted by Gasteiger charge is -2.36. The summed E-state index contributed by atoms with van der Waals surface area (Å²) in [6.07, 6.45) is 5.69. The number of benzene rings is 1. The molecule has 0 N–H and O–H groups in total. The first-order chi connectivity index (χ1) is 10.9. The second kappa shape index (κ2) is 6.89. The van der Waals surface area contributed by atoms with Crippen molar-refractivity contribution in [2.24, 2.45) is 0 Å². The zero-order chi connectivity index (χ0) is 17.0. The highest BCUT2D eigenvalue weighted by Crippen LogP contribution is 2.39. The standard InChI is InChI=1S/C18H21NO4/c1-13(7-8-14(2)19(20)21)15-9-10-17-16(12-15)6-5-11-18(17,22-3)23-4/h7-10,12H,1-2,5-6,11H2,3-4H3/b8-7-. The number of rotatable bonds is 6. The van der Waals surface area contributed by atoms with Gasteiger partial charge in [0, 0.05) is 32.3 Å². The lowest BCUT2D eigenvalue weighted by Crippen LogP contribution is -2.34. The van der Waals surface area contributed by atoms with Crippen LogP contribution in [0.15, 0.2) is 49.2 Å². The normalized spacial score (nSPS) is 16.1. The fraction of sp³-hybridized carbons (Fsp3) is 0.333. The van der Waals surface area contributed by atoms with E-state index in [-0.39, 0.29) is 5.70 Å². The van der Waals surface area contributed by atoms with Crippen molar-refractivity contribution >= 4 is 5.57 Å². The fourth-order valence-corrected chi connectivity index (χ4v) is 2.88. The van der Waals surface area contributed by atoms with Crippen LogP contribution in [0.1, 0.15) is 29.5 Å². The maximum Gasteiger partial charge on any atom is 0.262 e. The maximum atomic E-state index is 10.6. The summed E-state index contributed by atoms with van der Waals surface area (Å²) in [6, 6.07) is 5.96. The lowest BCUT2D eigenvalue weighted by atomic mass is 9.84. The smallest absolute Gasteiger partial charge is 0.262 e. The van der Waals surface area contributed by atoms with E-state index in [1.807, 2.05) is 18.2 Å². The molecule has 0 aromatic heterocycles. The average Bonchev–Trinajstić information content (AvgIpc) is 2.57. The summed E-state index contributed by atoms with van der Waals surface area (Å²) in [7, 11) is 3.30.